The molecule has 4 nitrogen and oxygen atoms in total. The maximum absolute atomic E-state index is 13.9. The molecule has 1 aliphatic rings. The lowest BCUT2D eigenvalue weighted by Gasteiger charge is -2.29. The number of hydrogen-bond donors (Lipinski definition) is 1. The van der Waals surface area contributed by atoms with Gasteiger partial charge in [-0.05, 0) is 31.0 Å². The summed E-state index contributed by atoms with van der Waals surface area (Å²) < 4.78 is 57.1. The van der Waals surface area contributed by atoms with E-state index in [0.717, 1.165) is 25.3 Å². The topological polar surface area (TPSA) is 64.9 Å². The molecule has 2 N–H and O–H groups in total. The molecule has 3 rings (SSSR count). The predicted molar refractivity (Wildman–Crippen MR) is 73.6 cm³/mol. The van der Waals surface area contributed by atoms with E-state index < -0.39 is 23.1 Å². The van der Waals surface area contributed by atoms with Gasteiger partial charge < -0.3 is 10.3 Å². The van der Waals surface area contributed by atoms with Gasteiger partial charge in [-0.2, -0.15) is 18.2 Å². The van der Waals surface area contributed by atoms with Crippen LogP contribution in [0, 0.1) is 5.82 Å². The van der Waals surface area contributed by atoms with E-state index in [1.807, 2.05) is 0 Å². The molecule has 0 aliphatic heterocycles. The molecule has 2 aromatic rings. The SMILES string of the molecule is NC1(c2noc(-c3cc(C(F)(F)F)ccc3F)n2)CCCCC1. The van der Waals surface area contributed by atoms with Crippen molar-refractivity contribution in [2.45, 2.75) is 43.8 Å². The Labute approximate surface area is 129 Å². The number of benzene rings is 1. The van der Waals surface area contributed by atoms with Crippen LogP contribution in [0.15, 0.2) is 22.7 Å². The Morgan fingerprint density at radius 3 is 2.48 bits per heavy atom. The van der Waals surface area contributed by atoms with E-state index in [0.29, 0.717) is 25.0 Å². The zero-order valence-corrected chi connectivity index (χ0v) is 12.2. The molecular formula is C15H15F4N3O. The van der Waals surface area contributed by atoms with E-state index in [1.165, 1.54) is 0 Å². The standard InChI is InChI=1S/C15H15F4N3O/c16-11-5-4-9(15(17,18)19)8-10(11)12-21-13(22-23-12)14(20)6-2-1-3-7-14/h4-5,8H,1-3,6-7,20H2. The normalized spacial score (nSPS) is 18.1. The average molecular weight is 329 g/mol. The largest absolute Gasteiger partial charge is 0.416 e. The van der Waals surface area contributed by atoms with Crippen LogP contribution in [0.2, 0.25) is 0 Å². The minimum absolute atomic E-state index is 0.212. The molecule has 0 atom stereocenters. The molecule has 1 aliphatic carbocycles. The lowest BCUT2D eigenvalue weighted by Crippen LogP contribution is -2.39. The summed E-state index contributed by atoms with van der Waals surface area (Å²) in [7, 11) is 0. The third-order valence-corrected chi connectivity index (χ3v) is 4.14. The zero-order valence-electron chi connectivity index (χ0n) is 12.2. The fourth-order valence-electron chi connectivity index (χ4n) is 2.81. The van der Waals surface area contributed by atoms with Crippen LogP contribution in [-0.4, -0.2) is 10.1 Å². The van der Waals surface area contributed by atoms with Gasteiger partial charge in [-0.1, -0.05) is 24.4 Å². The number of rotatable bonds is 2. The predicted octanol–water partition coefficient (Wildman–Crippen LogP) is 4.01. The molecular weight excluding hydrogens is 314 g/mol. The summed E-state index contributed by atoms with van der Waals surface area (Å²) in [6, 6.07) is 2.07. The molecule has 1 saturated carbocycles. The van der Waals surface area contributed by atoms with Gasteiger partial charge in [0.1, 0.15) is 5.82 Å². The highest BCUT2D eigenvalue weighted by Gasteiger charge is 2.35. The lowest BCUT2D eigenvalue weighted by atomic mass is 9.82. The molecule has 0 saturated heterocycles. The Morgan fingerprint density at radius 2 is 1.83 bits per heavy atom. The molecule has 23 heavy (non-hydrogen) atoms. The van der Waals surface area contributed by atoms with Crippen LogP contribution in [-0.2, 0) is 11.7 Å². The highest BCUT2D eigenvalue weighted by Crippen LogP contribution is 2.36. The third kappa shape index (κ3) is 3.08. The van der Waals surface area contributed by atoms with Crippen LogP contribution in [0.3, 0.4) is 0 Å². The van der Waals surface area contributed by atoms with Crippen molar-refractivity contribution in [2.24, 2.45) is 5.73 Å². The van der Waals surface area contributed by atoms with Crippen molar-refractivity contribution in [3.05, 3.63) is 35.4 Å². The van der Waals surface area contributed by atoms with E-state index in [9.17, 15) is 17.6 Å². The van der Waals surface area contributed by atoms with E-state index in [-0.39, 0.29) is 17.3 Å². The Balaban J connectivity index is 1.97. The van der Waals surface area contributed by atoms with Crippen LogP contribution in [0.1, 0.15) is 43.5 Å². The van der Waals surface area contributed by atoms with Gasteiger partial charge >= 0.3 is 6.18 Å². The number of hydrogen-bond acceptors (Lipinski definition) is 4. The first kappa shape index (κ1) is 15.9. The fraction of sp³-hybridized carbons (Fsp3) is 0.467. The van der Waals surface area contributed by atoms with Crippen LogP contribution in [0.25, 0.3) is 11.5 Å². The van der Waals surface area contributed by atoms with Gasteiger partial charge in [0.2, 0.25) is 0 Å². The second-order valence-electron chi connectivity index (χ2n) is 5.83. The summed E-state index contributed by atoms with van der Waals surface area (Å²) in [5.74, 6) is -0.939. The average Bonchev–Trinajstić information content (AvgIpc) is 2.98. The van der Waals surface area contributed by atoms with Crippen molar-refractivity contribution in [1.29, 1.82) is 0 Å². The first-order valence-electron chi connectivity index (χ1n) is 7.30. The van der Waals surface area contributed by atoms with E-state index in [4.69, 9.17) is 10.3 Å². The van der Waals surface area contributed by atoms with Crippen molar-refractivity contribution < 1.29 is 22.1 Å². The van der Waals surface area contributed by atoms with Crippen molar-refractivity contribution >= 4 is 0 Å². The maximum atomic E-state index is 13.9. The van der Waals surface area contributed by atoms with E-state index in [1.54, 1.807) is 0 Å². The summed E-state index contributed by atoms with van der Waals surface area (Å²) in [6.07, 6.45) is -0.361. The monoisotopic (exact) mass is 329 g/mol. The number of aromatic nitrogens is 2. The number of halogens is 4. The van der Waals surface area contributed by atoms with Gasteiger partial charge in [0, 0.05) is 0 Å². The minimum atomic E-state index is -4.58. The molecule has 0 amide bonds. The van der Waals surface area contributed by atoms with Crippen LogP contribution >= 0.6 is 0 Å². The van der Waals surface area contributed by atoms with E-state index >= 15 is 0 Å². The highest BCUT2D eigenvalue weighted by atomic mass is 19.4. The number of nitrogens with two attached hydrogens (primary N) is 1. The molecule has 1 heterocycles. The molecule has 0 bridgehead atoms. The summed E-state index contributed by atoms with van der Waals surface area (Å²) in [4.78, 5) is 4.05. The van der Waals surface area contributed by atoms with Crippen molar-refractivity contribution in [3.63, 3.8) is 0 Å². The van der Waals surface area contributed by atoms with Crippen LogP contribution in [0.5, 0.6) is 0 Å². The number of nitrogens with zero attached hydrogens (tertiary/aromatic N) is 2. The van der Waals surface area contributed by atoms with Crippen LogP contribution in [0.4, 0.5) is 17.6 Å². The molecule has 1 aromatic heterocycles. The first-order chi connectivity index (χ1) is 10.8. The van der Waals surface area contributed by atoms with Crippen molar-refractivity contribution in [2.75, 3.05) is 0 Å². The number of alkyl halides is 3. The zero-order chi connectivity index (χ0) is 16.7. The quantitative estimate of drug-likeness (QED) is 0.846. The lowest BCUT2D eigenvalue weighted by molar-refractivity contribution is -0.137. The van der Waals surface area contributed by atoms with Gasteiger partial charge in [0.05, 0.1) is 16.7 Å². The maximum Gasteiger partial charge on any atom is 0.416 e. The van der Waals surface area contributed by atoms with Gasteiger partial charge in [-0.25, -0.2) is 4.39 Å². The van der Waals surface area contributed by atoms with Gasteiger partial charge in [0.15, 0.2) is 5.82 Å². The molecule has 0 unspecified atom stereocenters. The van der Waals surface area contributed by atoms with Gasteiger partial charge in [0.25, 0.3) is 5.89 Å². The highest BCUT2D eigenvalue weighted by molar-refractivity contribution is 5.55. The van der Waals surface area contributed by atoms with E-state index in [2.05, 4.69) is 10.1 Å². The summed E-state index contributed by atoms with van der Waals surface area (Å²) >= 11 is 0. The van der Waals surface area contributed by atoms with Gasteiger partial charge in [-0.15, -0.1) is 0 Å². The second kappa shape index (κ2) is 5.59. The minimum Gasteiger partial charge on any atom is -0.334 e. The van der Waals surface area contributed by atoms with Crippen LogP contribution < -0.4 is 5.73 Å². The molecule has 0 spiro atoms. The van der Waals surface area contributed by atoms with Gasteiger partial charge in [-0.3, -0.25) is 0 Å². The summed E-state index contributed by atoms with van der Waals surface area (Å²) in [5.41, 5.74) is 4.13. The van der Waals surface area contributed by atoms with Crippen molar-refractivity contribution in [1.82, 2.24) is 10.1 Å². The molecule has 124 valence electrons. The molecule has 8 heteroatoms. The summed E-state index contributed by atoms with van der Waals surface area (Å²) in [5, 5.41) is 3.76. The Bertz CT molecular complexity index is 705. The third-order valence-electron chi connectivity index (χ3n) is 4.14. The summed E-state index contributed by atoms with van der Waals surface area (Å²) in [6.45, 7) is 0. The fourth-order valence-corrected chi connectivity index (χ4v) is 2.81. The van der Waals surface area contributed by atoms with Crippen molar-refractivity contribution in [3.8, 4) is 11.5 Å². The smallest absolute Gasteiger partial charge is 0.334 e. The molecule has 1 aromatic carbocycles. The Morgan fingerprint density at radius 1 is 1.13 bits per heavy atom. The molecule has 1 fully saturated rings. The second-order valence-corrected chi connectivity index (χ2v) is 5.83. The first-order valence-corrected chi connectivity index (χ1v) is 7.30. The Kier molecular flexibility index (Phi) is 3.87. The Hall–Kier alpha value is -1.96. The molecule has 0 radical (unpaired) electrons.